The highest BCUT2D eigenvalue weighted by atomic mass is 32.1. The molecule has 1 aromatic carbocycles. The van der Waals surface area contributed by atoms with Gasteiger partial charge in [0.05, 0.1) is 4.99 Å². The molecule has 1 atom stereocenters. The van der Waals surface area contributed by atoms with Crippen molar-refractivity contribution in [2.75, 3.05) is 6.54 Å². The molecule has 0 spiro atoms. The summed E-state index contributed by atoms with van der Waals surface area (Å²) >= 11 is 4.87. The number of thiocarbonyl (C=S) groups is 1. The van der Waals surface area contributed by atoms with Gasteiger partial charge in [-0.05, 0) is 37.0 Å². The number of nitrogens with one attached hydrogen (secondary N) is 1. The summed E-state index contributed by atoms with van der Waals surface area (Å²) in [6.07, 6.45) is 1.02. The lowest BCUT2D eigenvalue weighted by molar-refractivity contribution is -0.127. The topological polar surface area (TPSA) is 64.3 Å². The second kappa shape index (κ2) is 8.62. The van der Waals surface area contributed by atoms with Gasteiger partial charge in [-0.15, -0.1) is 0 Å². The molecule has 1 amide bonds. The second-order valence-corrected chi connectivity index (χ2v) is 6.05. The molecule has 0 aliphatic carbocycles. The number of ether oxygens (including phenoxy) is 1. The number of hydrogen-bond donors (Lipinski definition) is 2. The highest BCUT2D eigenvalue weighted by Crippen LogP contribution is 2.14. The van der Waals surface area contributed by atoms with Crippen LogP contribution in [-0.2, 0) is 11.2 Å². The third-order valence-corrected chi connectivity index (χ3v) is 3.15. The first kappa shape index (κ1) is 17.4. The average Bonchev–Trinajstić information content (AvgIpc) is 2.39. The second-order valence-electron chi connectivity index (χ2n) is 5.52. The van der Waals surface area contributed by atoms with E-state index < -0.39 is 6.10 Å². The van der Waals surface area contributed by atoms with Crippen molar-refractivity contribution in [1.29, 1.82) is 0 Å². The van der Waals surface area contributed by atoms with E-state index in [2.05, 4.69) is 19.2 Å². The van der Waals surface area contributed by atoms with Crippen LogP contribution in [0.2, 0.25) is 0 Å². The molecule has 0 radical (unpaired) electrons. The molecule has 1 unspecified atom stereocenters. The van der Waals surface area contributed by atoms with Crippen molar-refractivity contribution >= 4 is 23.1 Å². The Labute approximate surface area is 132 Å². The van der Waals surface area contributed by atoms with Gasteiger partial charge >= 0.3 is 0 Å². The maximum Gasteiger partial charge on any atom is 0.260 e. The lowest BCUT2D eigenvalue weighted by Crippen LogP contribution is -2.37. The van der Waals surface area contributed by atoms with Crippen LogP contribution in [0.5, 0.6) is 5.75 Å². The van der Waals surface area contributed by atoms with E-state index in [1.807, 2.05) is 24.3 Å². The third kappa shape index (κ3) is 7.09. The molecule has 116 valence electrons. The predicted octanol–water partition coefficient (Wildman–Crippen LogP) is 2.44. The molecule has 0 fully saturated rings. The Morgan fingerprint density at radius 2 is 1.90 bits per heavy atom. The Morgan fingerprint density at radius 1 is 1.29 bits per heavy atom. The van der Waals surface area contributed by atoms with Gasteiger partial charge in [0, 0.05) is 13.0 Å². The van der Waals surface area contributed by atoms with E-state index >= 15 is 0 Å². The van der Waals surface area contributed by atoms with Gasteiger partial charge in [0.1, 0.15) is 5.75 Å². The lowest BCUT2D eigenvalue weighted by Gasteiger charge is -2.15. The van der Waals surface area contributed by atoms with Crippen molar-refractivity contribution in [2.45, 2.75) is 39.7 Å². The molecule has 1 rings (SSSR count). The zero-order chi connectivity index (χ0) is 15.8. The Morgan fingerprint density at radius 3 is 2.43 bits per heavy atom. The summed E-state index contributed by atoms with van der Waals surface area (Å²) in [5, 5.41) is 2.87. The van der Waals surface area contributed by atoms with E-state index in [0.717, 1.165) is 12.0 Å². The zero-order valence-corrected chi connectivity index (χ0v) is 13.7. The summed E-state index contributed by atoms with van der Waals surface area (Å²) in [4.78, 5) is 12.3. The third-order valence-electron chi connectivity index (χ3n) is 3.00. The number of hydrogen-bond acceptors (Lipinski definition) is 3. The monoisotopic (exact) mass is 308 g/mol. The number of rotatable bonds is 8. The molecule has 0 saturated heterocycles. The molecule has 0 saturated carbocycles. The summed E-state index contributed by atoms with van der Waals surface area (Å²) in [5.74, 6) is 1.14. The summed E-state index contributed by atoms with van der Waals surface area (Å²) in [6, 6.07) is 7.45. The van der Waals surface area contributed by atoms with Gasteiger partial charge in [0.2, 0.25) is 0 Å². The molecule has 21 heavy (non-hydrogen) atoms. The van der Waals surface area contributed by atoms with Crippen LogP contribution in [0, 0.1) is 5.92 Å². The van der Waals surface area contributed by atoms with E-state index in [1.54, 1.807) is 6.92 Å². The summed E-state index contributed by atoms with van der Waals surface area (Å²) in [7, 11) is 0. The molecule has 0 aliphatic rings. The first-order valence-corrected chi connectivity index (χ1v) is 7.61. The van der Waals surface area contributed by atoms with Crippen LogP contribution in [0.15, 0.2) is 24.3 Å². The van der Waals surface area contributed by atoms with Gasteiger partial charge in [0.25, 0.3) is 5.91 Å². The van der Waals surface area contributed by atoms with Crippen LogP contribution in [0.4, 0.5) is 0 Å². The minimum absolute atomic E-state index is 0.0946. The Bertz CT molecular complexity index is 472. The fourth-order valence-corrected chi connectivity index (χ4v) is 1.94. The van der Waals surface area contributed by atoms with E-state index in [4.69, 9.17) is 22.7 Å². The SMILES string of the molecule is CC(C)CCNC(=O)C(C)Oc1ccc(CC(N)=S)cc1. The molecule has 0 aliphatic heterocycles. The van der Waals surface area contributed by atoms with Crippen LogP contribution < -0.4 is 15.8 Å². The number of carbonyl (C=O) groups is 1. The fourth-order valence-electron chi connectivity index (χ4n) is 1.77. The van der Waals surface area contributed by atoms with Crippen LogP contribution in [0.1, 0.15) is 32.8 Å². The van der Waals surface area contributed by atoms with E-state index in [1.165, 1.54) is 0 Å². The van der Waals surface area contributed by atoms with Gasteiger partial charge in [-0.1, -0.05) is 38.2 Å². The Kier molecular flexibility index (Phi) is 7.15. The quantitative estimate of drug-likeness (QED) is 0.724. The average molecular weight is 308 g/mol. The summed E-state index contributed by atoms with van der Waals surface area (Å²) in [5.41, 5.74) is 6.53. The molecule has 0 bridgehead atoms. The van der Waals surface area contributed by atoms with Crippen molar-refractivity contribution in [3.8, 4) is 5.75 Å². The first-order valence-electron chi connectivity index (χ1n) is 7.20. The molecule has 0 aromatic heterocycles. The molecule has 1 aromatic rings. The molecular weight excluding hydrogens is 284 g/mol. The van der Waals surface area contributed by atoms with Crippen molar-refractivity contribution in [3.05, 3.63) is 29.8 Å². The van der Waals surface area contributed by atoms with Gasteiger partial charge < -0.3 is 15.8 Å². The van der Waals surface area contributed by atoms with Crippen LogP contribution in [-0.4, -0.2) is 23.5 Å². The standard InChI is InChI=1S/C16H24N2O2S/c1-11(2)8-9-18-16(19)12(3)20-14-6-4-13(5-7-14)10-15(17)21/h4-7,11-12H,8-10H2,1-3H3,(H2,17,21)(H,18,19). The summed E-state index contributed by atoms with van der Waals surface area (Å²) in [6.45, 7) is 6.67. The van der Waals surface area contributed by atoms with Crippen molar-refractivity contribution in [2.24, 2.45) is 11.7 Å². The smallest absolute Gasteiger partial charge is 0.260 e. The van der Waals surface area contributed by atoms with Gasteiger partial charge in [-0.25, -0.2) is 0 Å². The molecule has 4 nitrogen and oxygen atoms in total. The van der Waals surface area contributed by atoms with Gasteiger partial charge in [-0.3, -0.25) is 4.79 Å². The number of amides is 1. The van der Waals surface area contributed by atoms with Crippen molar-refractivity contribution in [3.63, 3.8) is 0 Å². The number of nitrogens with two attached hydrogens (primary N) is 1. The highest BCUT2D eigenvalue weighted by Gasteiger charge is 2.14. The maximum atomic E-state index is 11.9. The normalized spacial score (nSPS) is 12.0. The minimum atomic E-state index is -0.515. The van der Waals surface area contributed by atoms with Gasteiger partial charge in [-0.2, -0.15) is 0 Å². The van der Waals surface area contributed by atoms with Crippen LogP contribution >= 0.6 is 12.2 Å². The highest BCUT2D eigenvalue weighted by molar-refractivity contribution is 7.80. The Balaban J connectivity index is 2.44. The molecule has 3 N–H and O–H groups in total. The summed E-state index contributed by atoms with van der Waals surface area (Å²) < 4.78 is 5.62. The van der Waals surface area contributed by atoms with Gasteiger partial charge in [0.15, 0.2) is 6.10 Å². The van der Waals surface area contributed by atoms with Crippen molar-refractivity contribution < 1.29 is 9.53 Å². The van der Waals surface area contributed by atoms with Crippen LogP contribution in [0.25, 0.3) is 0 Å². The molecular formula is C16H24N2O2S. The maximum absolute atomic E-state index is 11.9. The molecule has 5 heteroatoms. The predicted molar refractivity (Wildman–Crippen MR) is 89.5 cm³/mol. The fraction of sp³-hybridized carbons (Fsp3) is 0.500. The Hall–Kier alpha value is -1.62. The first-order chi connectivity index (χ1) is 9.88. The number of benzene rings is 1. The largest absolute Gasteiger partial charge is 0.481 e. The number of carbonyl (C=O) groups excluding carboxylic acids is 1. The van der Waals surface area contributed by atoms with E-state index in [0.29, 0.717) is 29.6 Å². The van der Waals surface area contributed by atoms with Crippen LogP contribution in [0.3, 0.4) is 0 Å². The molecule has 0 heterocycles. The van der Waals surface area contributed by atoms with E-state index in [-0.39, 0.29) is 5.91 Å². The van der Waals surface area contributed by atoms with E-state index in [9.17, 15) is 4.79 Å². The minimum Gasteiger partial charge on any atom is -0.481 e. The zero-order valence-electron chi connectivity index (χ0n) is 12.9. The lowest BCUT2D eigenvalue weighted by atomic mass is 10.1. The van der Waals surface area contributed by atoms with Crippen molar-refractivity contribution in [1.82, 2.24) is 5.32 Å².